The van der Waals surface area contributed by atoms with Crippen LogP contribution in [0.3, 0.4) is 0 Å². The molecule has 2 rings (SSSR count). The predicted octanol–water partition coefficient (Wildman–Crippen LogP) is 2.68. The second kappa shape index (κ2) is 7.57. The fourth-order valence-corrected chi connectivity index (χ4v) is 1.35. The molecule has 0 aliphatic rings. The predicted molar refractivity (Wildman–Crippen MR) is 62.6 cm³/mol. The van der Waals surface area contributed by atoms with Gasteiger partial charge in [0, 0.05) is 49.4 Å². The first-order valence-electron chi connectivity index (χ1n) is 5.14. The van der Waals surface area contributed by atoms with Crippen molar-refractivity contribution in [2.75, 3.05) is 0 Å². The van der Waals surface area contributed by atoms with Gasteiger partial charge in [0.05, 0.1) is 11.1 Å². The second-order valence-electron chi connectivity index (χ2n) is 3.41. The van der Waals surface area contributed by atoms with Gasteiger partial charge in [0.2, 0.25) is 0 Å². The Bertz CT molecular complexity index is 474. The minimum Gasteiger partial charge on any atom is -0.386 e. The van der Waals surface area contributed by atoms with Crippen molar-refractivity contribution < 1.29 is 63.7 Å². The number of hydrogen-bond donors (Lipinski definition) is 0. The fourth-order valence-electron chi connectivity index (χ4n) is 1.35. The molecule has 2 aromatic rings. The van der Waals surface area contributed by atoms with Crippen LogP contribution >= 0.6 is 0 Å². The number of carbonyl (C=O) groups is 2. The summed E-state index contributed by atoms with van der Waals surface area (Å²) in [5.41, 5.74) is 0.716. The minimum absolute atomic E-state index is 0. The molecule has 3 nitrogen and oxygen atoms in total. The third-order valence-corrected chi connectivity index (χ3v) is 2.20. The first-order valence-corrected chi connectivity index (χ1v) is 5.14. The minimum atomic E-state index is -0.639. The van der Waals surface area contributed by atoms with Gasteiger partial charge in [0.15, 0.2) is 0 Å². The van der Waals surface area contributed by atoms with Crippen molar-refractivity contribution in [3.05, 3.63) is 71.8 Å². The SMILES string of the molecule is O=C(OC(=O)c1ccccc1)c1ccccc1.[Eu]. The van der Waals surface area contributed by atoms with E-state index in [9.17, 15) is 9.59 Å². The summed E-state index contributed by atoms with van der Waals surface area (Å²) in [5.74, 6) is -1.28. The molecule has 91 valence electrons. The van der Waals surface area contributed by atoms with Gasteiger partial charge in [0.25, 0.3) is 0 Å². The molecule has 0 N–H and O–H groups in total. The fraction of sp³-hybridized carbons (Fsp3) is 0. The smallest absolute Gasteiger partial charge is 0.346 e. The molecule has 0 heterocycles. The van der Waals surface area contributed by atoms with E-state index in [4.69, 9.17) is 4.74 Å². The Morgan fingerprint density at radius 3 is 1.33 bits per heavy atom. The van der Waals surface area contributed by atoms with Gasteiger partial charge in [-0.05, 0) is 24.3 Å². The number of carbonyl (C=O) groups excluding carboxylic acids is 2. The normalized spacial score (nSPS) is 9.11. The Labute approximate surface area is 146 Å². The van der Waals surface area contributed by atoms with Crippen molar-refractivity contribution in [3.8, 4) is 0 Å². The van der Waals surface area contributed by atoms with E-state index < -0.39 is 11.9 Å². The van der Waals surface area contributed by atoms with Gasteiger partial charge in [-0.15, -0.1) is 0 Å². The summed E-state index contributed by atoms with van der Waals surface area (Å²) in [6.07, 6.45) is 0. The van der Waals surface area contributed by atoms with Crippen LogP contribution in [0.15, 0.2) is 60.7 Å². The van der Waals surface area contributed by atoms with Gasteiger partial charge in [0.1, 0.15) is 0 Å². The van der Waals surface area contributed by atoms with E-state index in [0.29, 0.717) is 11.1 Å². The number of ether oxygens (including phenoxy) is 1. The zero-order chi connectivity index (χ0) is 12.1. The third-order valence-electron chi connectivity index (χ3n) is 2.20. The average molecular weight is 378 g/mol. The van der Waals surface area contributed by atoms with Gasteiger partial charge in [-0.1, -0.05) is 36.4 Å². The number of hydrogen-bond acceptors (Lipinski definition) is 3. The maximum Gasteiger partial charge on any atom is 0.346 e. The van der Waals surface area contributed by atoms with Crippen molar-refractivity contribution in [2.24, 2.45) is 0 Å². The summed E-state index contributed by atoms with van der Waals surface area (Å²) in [5, 5.41) is 0. The molecule has 0 saturated carbocycles. The first kappa shape index (κ1) is 15.2. The molecule has 2 aromatic carbocycles. The molecule has 0 aromatic heterocycles. The second-order valence-corrected chi connectivity index (χ2v) is 3.41. The largest absolute Gasteiger partial charge is 0.386 e. The summed E-state index contributed by atoms with van der Waals surface area (Å²) in [7, 11) is 0. The van der Waals surface area contributed by atoms with E-state index in [1.807, 2.05) is 0 Å². The quantitative estimate of drug-likeness (QED) is 0.596. The van der Waals surface area contributed by atoms with Crippen molar-refractivity contribution in [3.63, 3.8) is 0 Å². The Morgan fingerprint density at radius 1 is 0.667 bits per heavy atom. The molecule has 0 amide bonds. The Balaban J connectivity index is 0.00000162. The maximum atomic E-state index is 11.6. The summed E-state index contributed by atoms with van der Waals surface area (Å²) in [4.78, 5) is 23.2. The molecule has 1 radical (unpaired) electrons. The molecule has 0 bridgehead atoms. The van der Waals surface area contributed by atoms with Crippen molar-refractivity contribution in [1.29, 1.82) is 0 Å². The van der Waals surface area contributed by atoms with E-state index in [1.54, 1.807) is 60.7 Å². The Hall–Kier alpha value is -0.836. The van der Waals surface area contributed by atoms with E-state index in [1.165, 1.54) is 0 Å². The molecule has 0 fully saturated rings. The molecule has 0 atom stereocenters. The molecule has 0 aliphatic carbocycles. The summed E-state index contributed by atoms with van der Waals surface area (Å²) in [6.45, 7) is 0. The van der Waals surface area contributed by atoms with Crippen LogP contribution in [-0.2, 0) is 4.74 Å². The third kappa shape index (κ3) is 4.12. The molecular formula is C14H10EuO3. The van der Waals surface area contributed by atoms with E-state index in [0.717, 1.165) is 0 Å². The van der Waals surface area contributed by atoms with Crippen LogP contribution in [-0.4, -0.2) is 11.9 Å². The van der Waals surface area contributed by atoms with Crippen LogP contribution in [0.5, 0.6) is 0 Å². The molecule has 4 heteroatoms. The van der Waals surface area contributed by atoms with Crippen molar-refractivity contribution in [1.82, 2.24) is 0 Å². The van der Waals surface area contributed by atoms with Crippen LogP contribution in [0, 0.1) is 49.4 Å². The molecule has 0 saturated heterocycles. The molecular weight excluding hydrogens is 368 g/mol. The van der Waals surface area contributed by atoms with Gasteiger partial charge < -0.3 is 4.74 Å². The van der Waals surface area contributed by atoms with Crippen molar-refractivity contribution >= 4 is 11.9 Å². The maximum absolute atomic E-state index is 11.6. The monoisotopic (exact) mass is 379 g/mol. The molecule has 0 aliphatic heterocycles. The van der Waals surface area contributed by atoms with Gasteiger partial charge in [-0.2, -0.15) is 0 Å². The number of esters is 2. The Kier molecular flexibility index (Phi) is 6.40. The van der Waals surface area contributed by atoms with Crippen LogP contribution in [0.1, 0.15) is 20.7 Å². The zero-order valence-electron chi connectivity index (χ0n) is 9.38. The molecule has 0 unspecified atom stereocenters. The molecule has 0 spiro atoms. The Morgan fingerprint density at radius 2 is 1.00 bits per heavy atom. The number of benzene rings is 2. The van der Waals surface area contributed by atoms with Gasteiger partial charge >= 0.3 is 11.9 Å². The standard InChI is InChI=1S/C14H10O3.Eu/c15-13(11-7-3-1-4-8-11)17-14(16)12-9-5-2-6-10-12;/h1-10H;. The van der Waals surface area contributed by atoms with Crippen LogP contribution in [0.4, 0.5) is 0 Å². The zero-order valence-corrected chi connectivity index (χ0v) is 11.8. The summed E-state index contributed by atoms with van der Waals surface area (Å²) >= 11 is 0. The van der Waals surface area contributed by atoms with Crippen molar-refractivity contribution in [2.45, 2.75) is 0 Å². The average Bonchev–Trinajstić information content (AvgIpc) is 2.40. The van der Waals surface area contributed by atoms with Crippen LogP contribution in [0.2, 0.25) is 0 Å². The van der Waals surface area contributed by atoms with Gasteiger partial charge in [-0.25, -0.2) is 9.59 Å². The van der Waals surface area contributed by atoms with Crippen LogP contribution in [0.25, 0.3) is 0 Å². The van der Waals surface area contributed by atoms with Crippen LogP contribution < -0.4 is 0 Å². The van der Waals surface area contributed by atoms with Gasteiger partial charge in [-0.3, -0.25) is 0 Å². The van der Waals surface area contributed by atoms with E-state index in [2.05, 4.69) is 0 Å². The number of rotatable bonds is 2. The molecule has 18 heavy (non-hydrogen) atoms. The summed E-state index contributed by atoms with van der Waals surface area (Å²) in [6, 6.07) is 16.8. The summed E-state index contributed by atoms with van der Waals surface area (Å²) < 4.78 is 4.74. The van der Waals surface area contributed by atoms with E-state index in [-0.39, 0.29) is 49.4 Å². The van der Waals surface area contributed by atoms with E-state index >= 15 is 0 Å². The topological polar surface area (TPSA) is 43.4 Å². The first-order chi connectivity index (χ1) is 8.27.